The number of rotatable bonds is 6. The molecule has 3 rings (SSSR count). The first-order chi connectivity index (χ1) is 12.4. The molecule has 9 heteroatoms. The minimum atomic E-state index is -0.896. The van der Waals surface area contributed by atoms with E-state index in [1.165, 1.54) is 0 Å². The number of halogens is 2. The third kappa shape index (κ3) is 4.71. The first-order valence-electron chi connectivity index (χ1n) is 9.35. The molecule has 1 aromatic heterocycles. The number of nitrogens with zero attached hydrogens (tertiary/aromatic N) is 2. The van der Waals surface area contributed by atoms with Crippen molar-refractivity contribution < 1.29 is 14.3 Å². The van der Waals surface area contributed by atoms with E-state index in [2.05, 4.69) is 15.2 Å². The van der Waals surface area contributed by atoms with E-state index in [0.29, 0.717) is 32.8 Å². The van der Waals surface area contributed by atoms with E-state index in [1.807, 2.05) is 32.9 Å². The minimum Gasteiger partial charge on any atom is -0.378 e. The molecule has 0 aromatic carbocycles. The van der Waals surface area contributed by atoms with Gasteiger partial charge in [-0.05, 0) is 24.6 Å². The molecule has 2 atom stereocenters. The number of nitrogens with one attached hydrogen (secondary N) is 1. The fraction of sp³-hybridized carbons (Fsp3) is 0.684. The zero-order valence-electron chi connectivity index (χ0n) is 16.8. The highest BCUT2D eigenvalue weighted by Crippen LogP contribution is 2.49. The van der Waals surface area contributed by atoms with Crippen LogP contribution in [-0.2, 0) is 20.8 Å². The summed E-state index contributed by atoms with van der Waals surface area (Å²) in [5.41, 5.74) is 6.16. The van der Waals surface area contributed by atoms with Crippen LogP contribution in [0.1, 0.15) is 32.8 Å². The van der Waals surface area contributed by atoms with Crippen molar-refractivity contribution in [1.29, 1.82) is 0 Å². The number of carbonyl (C=O) groups excluding carboxylic acids is 1. The Labute approximate surface area is 179 Å². The first-order valence-corrected chi connectivity index (χ1v) is 9.35. The molecule has 0 radical (unpaired) electrons. The van der Waals surface area contributed by atoms with E-state index in [-0.39, 0.29) is 42.2 Å². The standard InChI is InChI=1S/C19H30N4O3.2ClH/c1-4-26-15-12-19(20,18(15,2)3)17(24)22-13-14-5-6-21-16(11-14)23-7-9-25-10-8-23;;/h5-6,11,15H,4,7-10,12-13,20H2,1-3H3,(H,22,24);2*1H. The predicted molar refractivity (Wildman–Crippen MR) is 114 cm³/mol. The predicted octanol–water partition coefficient (Wildman–Crippen LogP) is 1.91. The lowest BCUT2D eigenvalue weighted by molar-refractivity contribution is -0.170. The lowest BCUT2D eigenvalue weighted by atomic mass is 9.54. The van der Waals surface area contributed by atoms with Crippen LogP contribution in [0.5, 0.6) is 0 Å². The summed E-state index contributed by atoms with van der Waals surface area (Å²) in [5, 5.41) is 3.00. The lowest BCUT2D eigenvalue weighted by Crippen LogP contribution is -2.75. The van der Waals surface area contributed by atoms with Crippen LogP contribution in [0.4, 0.5) is 5.82 Å². The molecule has 1 saturated heterocycles. The molecule has 160 valence electrons. The second kappa shape index (κ2) is 10.1. The second-order valence-corrected chi connectivity index (χ2v) is 7.65. The summed E-state index contributed by atoms with van der Waals surface area (Å²) in [5.74, 6) is 0.797. The molecule has 1 saturated carbocycles. The Bertz CT molecular complexity index is 656. The summed E-state index contributed by atoms with van der Waals surface area (Å²) in [6.07, 6.45) is 2.36. The maximum Gasteiger partial charge on any atom is 0.241 e. The smallest absolute Gasteiger partial charge is 0.241 e. The van der Waals surface area contributed by atoms with Gasteiger partial charge in [-0.2, -0.15) is 0 Å². The van der Waals surface area contributed by atoms with Crippen LogP contribution in [0.15, 0.2) is 18.3 Å². The summed E-state index contributed by atoms with van der Waals surface area (Å²) in [4.78, 5) is 19.4. The normalized spacial score (nSPS) is 25.7. The molecule has 28 heavy (non-hydrogen) atoms. The Morgan fingerprint density at radius 1 is 1.39 bits per heavy atom. The Balaban J connectivity index is 0.00000196. The van der Waals surface area contributed by atoms with Gasteiger partial charge in [0.2, 0.25) is 5.91 Å². The van der Waals surface area contributed by atoms with Gasteiger partial charge >= 0.3 is 0 Å². The van der Waals surface area contributed by atoms with Crippen molar-refractivity contribution >= 4 is 36.5 Å². The fourth-order valence-corrected chi connectivity index (χ4v) is 3.70. The molecule has 2 aliphatic rings. The molecule has 2 unspecified atom stereocenters. The van der Waals surface area contributed by atoms with Crippen LogP contribution >= 0.6 is 24.8 Å². The fourth-order valence-electron chi connectivity index (χ4n) is 3.70. The van der Waals surface area contributed by atoms with Gasteiger partial charge in [-0.1, -0.05) is 13.8 Å². The first kappa shape index (κ1) is 24.9. The molecule has 7 nitrogen and oxygen atoms in total. The van der Waals surface area contributed by atoms with E-state index in [9.17, 15) is 4.79 Å². The molecular weight excluding hydrogens is 403 g/mol. The number of pyridine rings is 1. The number of nitrogens with two attached hydrogens (primary N) is 1. The molecule has 3 N–H and O–H groups in total. The Hall–Kier alpha value is -1.12. The molecule has 1 aliphatic carbocycles. The van der Waals surface area contributed by atoms with Gasteiger partial charge < -0.3 is 25.4 Å². The Morgan fingerprint density at radius 2 is 2.07 bits per heavy atom. The summed E-state index contributed by atoms with van der Waals surface area (Å²) >= 11 is 0. The zero-order chi connectivity index (χ0) is 18.8. The largest absolute Gasteiger partial charge is 0.378 e. The molecule has 1 aliphatic heterocycles. The van der Waals surface area contributed by atoms with Crippen LogP contribution in [0, 0.1) is 5.41 Å². The van der Waals surface area contributed by atoms with Gasteiger partial charge in [0, 0.05) is 44.3 Å². The number of hydrogen-bond acceptors (Lipinski definition) is 6. The number of aromatic nitrogens is 1. The quantitative estimate of drug-likeness (QED) is 0.710. The van der Waals surface area contributed by atoms with E-state index in [1.54, 1.807) is 6.20 Å². The second-order valence-electron chi connectivity index (χ2n) is 7.65. The van der Waals surface area contributed by atoms with Gasteiger partial charge in [0.1, 0.15) is 11.4 Å². The monoisotopic (exact) mass is 434 g/mol. The Kier molecular flexibility index (Phi) is 8.96. The maximum atomic E-state index is 12.7. The van der Waals surface area contributed by atoms with Gasteiger partial charge in [-0.15, -0.1) is 24.8 Å². The number of carbonyl (C=O) groups is 1. The zero-order valence-corrected chi connectivity index (χ0v) is 18.4. The topological polar surface area (TPSA) is 89.7 Å². The highest BCUT2D eigenvalue weighted by molar-refractivity contribution is 5.88. The van der Waals surface area contributed by atoms with E-state index in [4.69, 9.17) is 15.2 Å². The number of morpholine rings is 1. The van der Waals surface area contributed by atoms with Crippen molar-refractivity contribution in [3.63, 3.8) is 0 Å². The molecule has 0 spiro atoms. The van der Waals surface area contributed by atoms with E-state index >= 15 is 0 Å². The van der Waals surface area contributed by atoms with Crippen molar-refractivity contribution in [3.8, 4) is 0 Å². The van der Waals surface area contributed by atoms with Crippen LogP contribution in [0.2, 0.25) is 0 Å². The van der Waals surface area contributed by atoms with E-state index in [0.717, 1.165) is 24.5 Å². The van der Waals surface area contributed by atoms with Crippen LogP contribution in [0.25, 0.3) is 0 Å². The van der Waals surface area contributed by atoms with Crippen molar-refractivity contribution in [2.45, 2.75) is 45.4 Å². The number of ether oxygens (including phenoxy) is 2. The summed E-state index contributed by atoms with van der Waals surface area (Å²) in [6.45, 7) is 10.1. The number of anilines is 1. The van der Waals surface area contributed by atoms with Gasteiger partial charge in [-0.3, -0.25) is 4.79 Å². The van der Waals surface area contributed by atoms with Crippen molar-refractivity contribution in [2.24, 2.45) is 11.1 Å². The molecule has 0 bridgehead atoms. The highest BCUT2D eigenvalue weighted by Gasteiger charge is 2.62. The average molecular weight is 435 g/mol. The van der Waals surface area contributed by atoms with Crippen molar-refractivity contribution in [1.82, 2.24) is 10.3 Å². The third-order valence-electron chi connectivity index (χ3n) is 5.83. The van der Waals surface area contributed by atoms with Crippen LogP contribution in [0.3, 0.4) is 0 Å². The Morgan fingerprint density at radius 3 is 2.68 bits per heavy atom. The van der Waals surface area contributed by atoms with Crippen LogP contribution in [-0.4, -0.2) is 55.4 Å². The van der Waals surface area contributed by atoms with Crippen molar-refractivity contribution in [2.75, 3.05) is 37.8 Å². The SMILES string of the molecule is CCOC1CC(N)(C(=O)NCc2ccnc(N3CCOCC3)c2)C1(C)C.Cl.Cl. The van der Waals surface area contributed by atoms with Crippen LogP contribution < -0.4 is 16.0 Å². The summed E-state index contributed by atoms with van der Waals surface area (Å²) in [7, 11) is 0. The van der Waals surface area contributed by atoms with Gasteiger partial charge in [0.05, 0.1) is 19.3 Å². The number of amides is 1. The average Bonchev–Trinajstić information content (AvgIpc) is 2.66. The van der Waals surface area contributed by atoms with Gasteiger partial charge in [-0.25, -0.2) is 4.98 Å². The number of hydrogen-bond donors (Lipinski definition) is 2. The lowest BCUT2D eigenvalue weighted by Gasteiger charge is -2.57. The molecule has 1 amide bonds. The maximum absolute atomic E-state index is 12.7. The minimum absolute atomic E-state index is 0. The molecule has 1 aromatic rings. The van der Waals surface area contributed by atoms with Gasteiger partial charge in [0.25, 0.3) is 0 Å². The van der Waals surface area contributed by atoms with E-state index < -0.39 is 5.54 Å². The summed E-state index contributed by atoms with van der Waals surface area (Å²) in [6, 6.07) is 3.94. The molecule has 2 fully saturated rings. The molecular formula is C19H32Cl2N4O3. The van der Waals surface area contributed by atoms with Gasteiger partial charge in [0.15, 0.2) is 0 Å². The van der Waals surface area contributed by atoms with Crippen molar-refractivity contribution in [3.05, 3.63) is 23.9 Å². The summed E-state index contributed by atoms with van der Waals surface area (Å²) < 4.78 is 11.1. The highest BCUT2D eigenvalue weighted by atomic mass is 35.5. The third-order valence-corrected chi connectivity index (χ3v) is 5.83. The molecule has 2 heterocycles.